The minimum atomic E-state index is -0.385. The zero-order valence-electron chi connectivity index (χ0n) is 21.4. The van der Waals surface area contributed by atoms with Crippen LogP contribution in [0.1, 0.15) is 39.2 Å². The summed E-state index contributed by atoms with van der Waals surface area (Å²) in [6.07, 6.45) is 0. The monoisotopic (exact) mass is 539 g/mol. The highest BCUT2D eigenvalue weighted by Crippen LogP contribution is 2.16. The lowest BCUT2D eigenvalue weighted by atomic mass is 10.1. The molecule has 0 fully saturated rings. The summed E-state index contributed by atoms with van der Waals surface area (Å²) in [5, 5.41) is 8.73. The van der Waals surface area contributed by atoms with E-state index < -0.39 is 0 Å². The molecule has 0 aliphatic rings. The Bertz CT molecular complexity index is 1410. The van der Waals surface area contributed by atoms with Crippen LogP contribution >= 0.6 is 12.2 Å². The topological polar surface area (TPSA) is 88.7 Å². The molecule has 1 atom stereocenters. The Morgan fingerprint density at radius 2 is 1.31 bits per heavy atom. The van der Waals surface area contributed by atoms with Crippen molar-refractivity contribution in [2.45, 2.75) is 13.0 Å². The van der Waals surface area contributed by atoms with Crippen LogP contribution in [0.2, 0.25) is 0 Å². The van der Waals surface area contributed by atoms with Gasteiger partial charge in [-0.25, -0.2) is 0 Å². The fourth-order valence-corrected chi connectivity index (χ4v) is 3.95. The molecule has 8 heteroatoms. The number of benzene rings is 4. The first-order valence-electron chi connectivity index (χ1n) is 12.5. The molecular formula is C31H29N3O4S. The molecule has 0 spiro atoms. The van der Waals surface area contributed by atoms with Crippen molar-refractivity contribution in [1.82, 2.24) is 10.6 Å². The second-order valence-electron chi connectivity index (χ2n) is 8.63. The second-order valence-corrected chi connectivity index (χ2v) is 9.04. The van der Waals surface area contributed by atoms with Crippen LogP contribution in [0, 0.1) is 0 Å². The molecule has 0 saturated carbocycles. The number of anilines is 1. The summed E-state index contributed by atoms with van der Waals surface area (Å²) >= 11 is 5.33. The third-order valence-electron chi connectivity index (χ3n) is 5.72. The number of nitrogens with one attached hydrogen (secondary N) is 3. The highest BCUT2D eigenvalue weighted by atomic mass is 32.1. The predicted octanol–water partition coefficient (Wildman–Crippen LogP) is 5.76. The van der Waals surface area contributed by atoms with Gasteiger partial charge in [-0.05, 0) is 73.2 Å². The van der Waals surface area contributed by atoms with Gasteiger partial charge in [0.25, 0.3) is 11.8 Å². The molecule has 7 nitrogen and oxygen atoms in total. The van der Waals surface area contributed by atoms with Gasteiger partial charge >= 0.3 is 0 Å². The Kier molecular flexibility index (Phi) is 9.63. The lowest BCUT2D eigenvalue weighted by Crippen LogP contribution is -2.34. The SMILES string of the molecule is CC(NC(=O)c1cccc(NC(=S)NC(=O)c2cccc(OCCOc3ccccc3)c2)c1)c1ccccc1. The van der Waals surface area contributed by atoms with Gasteiger partial charge in [-0.2, -0.15) is 0 Å². The summed E-state index contributed by atoms with van der Waals surface area (Å²) in [6.45, 7) is 2.63. The van der Waals surface area contributed by atoms with Crippen molar-refractivity contribution >= 4 is 34.8 Å². The molecule has 0 aromatic heterocycles. The van der Waals surface area contributed by atoms with Gasteiger partial charge in [-0.15, -0.1) is 0 Å². The number of rotatable bonds is 10. The number of carbonyl (C=O) groups is 2. The van der Waals surface area contributed by atoms with Gasteiger partial charge in [0.05, 0.1) is 6.04 Å². The number of carbonyl (C=O) groups excluding carboxylic acids is 2. The Labute approximate surface area is 233 Å². The highest BCUT2D eigenvalue weighted by molar-refractivity contribution is 7.80. The summed E-state index contributed by atoms with van der Waals surface area (Å²) in [5.74, 6) is 0.713. The van der Waals surface area contributed by atoms with Crippen molar-refractivity contribution in [3.05, 3.63) is 126 Å². The molecule has 2 amide bonds. The minimum absolute atomic E-state index is 0.109. The van der Waals surface area contributed by atoms with Crippen molar-refractivity contribution in [1.29, 1.82) is 0 Å². The van der Waals surface area contributed by atoms with Crippen LogP contribution in [-0.2, 0) is 0 Å². The van der Waals surface area contributed by atoms with Gasteiger partial charge in [0.1, 0.15) is 24.7 Å². The van der Waals surface area contributed by atoms with E-state index in [0.29, 0.717) is 35.8 Å². The van der Waals surface area contributed by atoms with Crippen LogP contribution in [0.4, 0.5) is 5.69 Å². The van der Waals surface area contributed by atoms with Gasteiger partial charge in [0.2, 0.25) is 0 Å². The summed E-state index contributed by atoms with van der Waals surface area (Å²) in [4.78, 5) is 25.5. The molecule has 0 aliphatic heterocycles. The van der Waals surface area contributed by atoms with Crippen molar-refractivity contribution in [2.75, 3.05) is 18.5 Å². The lowest BCUT2D eigenvalue weighted by molar-refractivity contribution is 0.0938. The van der Waals surface area contributed by atoms with Crippen molar-refractivity contribution in [3.8, 4) is 11.5 Å². The minimum Gasteiger partial charge on any atom is -0.490 e. The van der Waals surface area contributed by atoms with Crippen molar-refractivity contribution in [3.63, 3.8) is 0 Å². The molecule has 39 heavy (non-hydrogen) atoms. The zero-order chi connectivity index (χ0) is 27.5. The van der Waals surface area contributed by atoms with Crippen LogP contribution in [0.5, 0.6) is 11.5 Å². The number of amides is 2. The van der Waals surface area contributed by atoms with E-state index in [0.717, 1.165) is 11.3 Å². The third kappa shape index (κ3) is 8.41. The Morgan fingerprint density at radius 1 is 0.718 bits per heavy atom. The molecule has 0 radical (unpaired) electrons. The maximum Gasteiger partial charge on any atom is 0.257 e. The molecule has 198 valence electrons. The molecule has 4 aromatic rings. The number of thiocarbonyl (C=S) groups is 1. The van der Waals surface area contributed by atoms with Crippen molar-refractivity contribution in [2.24, 2.45) is 0 Å². The molecule has 4 rings (SSSR count). The Morgan fingerprint density at radius 3 is 2.03 bits per heavy atom. The number of para-hydroxylation sites is 1. The standard InChI is InChI=1S/C31H29N3O4S/c1-22(23-10-4-2-5-11-23)32-29(35)24-12-8-14-26(20-24)33-31(39)34-30(36)25-13-9-17-28(21-25)38-19-18-37-27-15-6-3-7-16-27/h2-17,20-22H,18-19H2,1H3,(H,32,35)(H2,33,34,36,39). The molecule has 1 unspecified atom stereocenters. The fraction of sp³-hybridized carbons (Fsp3) is 0.129. The van der Waals surface area contributed by atoms with E-state index in [1.54, 1.807) is 48.5 Å². The Hall–Kier alpha value is -4.69. The Balaban J connectivity index is 1.27. The van der Waals surface area contributed by atoms with E-state index in [9.17, 15) is 9.59 Å². The lowest BCUT2D eigenvalue weighted by Gasteiger charge is -2.15. The van der Waals surface area contributed by atoms with Gasteiger partial charge < -0.3 is 20.1 Å². The maximum atomic E-state index is 12.8. The van der Waals surface area contributed by atoms with Crippen LogP contribution in [0.25, 0.3) is 0 Å². The van der Waals surface area contributed by atoms with Crippen LogP contribution < -0.4 is 25.4 Å². The summed E-state index contributed by atoms with van der Waals surface area (Å²) in [5.41, 5.74) is 2.46. The quantitative estimate of drug-likeness (QED) is 0.175. The van der Waals surface area contributed by atoms with Crippen LogP contribution in [-0.4, -0.2) is 30.1 Å². The average molecular weight is 540 g/mol. The first-order valence-corrected chi connectivity index (χ1v) is 12.9. The fourth-order valence-electron chi connectivity index (χ4n) is 3.74. The maximum absolute atomic E-state index is 12.8. The highest BCUT2D eigenvalue weighted by Gasteiger charge is 2.13. The summed E-state index contributed by atoms with van der Waals surface area (Å²) in [6, 6.07) is 32.8. The number of ether oxygens (including phenoxy) is 2. The molecule has 3 N–H and O–H groups in total. The molecule has 0 bridgehead atoms. The first-order chi connectivity index (χ1) is 19.0. The smallest absolute Gasteiger partial charge is 0.257 e. The molecule has 4 aromatic carbocycles. The van der Waals surface area contributed by atoms with E-state index in [-0.39, 0.29) is 23.0 Å². The normalized spacial score (nSPS) is 11.1. The van der Waals surface area contributed by atoms with Gasteiger partial charge in [0.15, 0.2) is 5.11 Å². The van der Waals surface area contributed by atoms with Gasteiger partial charge in [-0.1, -0.05) is 60.7 Å². The number of hydrogen-bond donors (Lipinski definition) is 3. The average Bonchev–Trinajstić information content (AvgIpc) is 2.96. The van der Waals surface area contributed by atoms with Crippen LogP contribution in [0.15, 0.2) is 109 Å². The second kappa shape index (κ2) is 13.7. The van der Waals surface area contributed by atoms with E-state index in [4.69, 9.17) is 21.7 Å². The van der Waals surface area contributed by atoms with Gasteiger partial charge in [0, 0.05) is 16.8 Å². The van der Waals surface area contributed by atoms with Crippen molar-refractivity contribution < 1.29 is 19.1 Å². The van der Waals surface area contributed by atoms with E-state index >= 15 is 0 Å². The molecule has 0 aliphatic carbocycles. The third-order valence-corrected chi connectivity index (χ3v) is 5.92. The summed E-state index contributed by atoms with van der Waals surface area (Å²) in [7, 11) is 0. The van der Waals surface area contributed by atoms with E-state index in [1.807, 2.05) is 67.6 Å². The van der Waals surface area contributed by atoms with Gasteiger partial charge in [-0.3, -0.25) is 14.9 Å². The van der Waals surface area contributed by atoms with Crippen LogP contribution in [0.3, 0.4) is 0 Å². The molecular weight excluding hydrogens is 510 g/mol. The summed E-state index contributed by atoms with van der Waals surface area (Å²) < 4.78 is 11.3. The van der Waals surface area contributed by atoms with E-state index in [1.165, 1.54) is 0 Å². The molecule has 0 heterocycles. The largest absolute Gasteiger partial charge is 0.490 e. The number of hydrogen-bond acceptors (Lipinski definition) is 5. The molecule has 0 saturated heterocycles. The van der Waals surface area contributed by atoms with E-state index in [2.05, 4.69) is 16.0 Å². The first kappa shape index (κ1) is 27.3. The predicted molar refractivity (Wildman–Crippen MR) is 156 cm³/mol. The zero-order valence-corrected chi connectivity index (χ0v) is 22.2.